The lowest BCUT2D eigenvalue weighted by atomic mass is 10.1. The van der Waals surface area contributed by atoms with E-state index < -0.39 is 0 Å². The predicted octanol–water partition coefficient (Wildman–Crippen LogP) is 3.43. The molecule has 4 heteroatoms. The summed E-state index contributed by atoms with van der Waals surface area (Å²) in [7, 11) is 0. The minimum atomic E-state index is -0.297. The summed E-state index contributed by atoms with van der Waals surface area (Å²) in [4.78, 5) is 6.34. The Morgan fingerprint density at radius 2 is 2.10 bits per heavy atom. The van der Waals surface area contributed by atoms with E-state index in [2.05, 4.69) is 9.88 Å². The highest BCUT2D eigenvalue weighted by molar-refractivity contribution is 5.33. The molecule has 1 saturated heterocycles. The number of aromatic nitrogens is 1. The standard InChI is InChI=1S/C17H16FN3/c18-16-10-13(11-19)3-4-15(16)12-21-9-1-2-17(21)14-5-7-20-8-6-14/h3-8,10,17H,1-2,9,12H2. The van der Waals surface area contributed by atoms with Crippen LogP contribution in [0.3, 0.4) is 0 Å². The minimum absolute atomic E-state index is 0.297. The fraction of sp³-hybridized carbons (Fsp3) is 0.294. The highest BCUT2D eigenvalue weighted by Crippen LogP contribution is 2.33. The van der Waals surface area contributed by atoms with Crippen molar-refractivity contribution in [3.63, 3.8) is 0 Å². The number of benzene rings is 1. The number of hydrogen-bond donors (Lipinski definition) is 0. The SMILES string of the molecule is N#Cc1ccc(CN2CCCC2c2ccncc2)c(F)c1. The zero-order valence-electron chi connectivity index (χ0n) is 11.7. The first kappa shape index (κ1) is 13.7. The van der Waals surface area contributed by atoms with Gasteiger partial charge in [0.05, 0.1) is 11.6 Å². The molecule has 0 radical (unpaired) electrons. The molecule has 106 valence electrons. The summed E-state index contributed by atoms with van der Waals surface area (Å²) in [5.74, 6) is -0.297. The molecule has 21 heavy (non-hydrogen) atoms. The van der Waals surface area contributed by atoms with Crippen LogP contribution in [0, 0.1) is 17.1 Å². The summed E-state index contributed by atoms with van der Waals surface area (Å²) in [6, 6.07) is 11.0. The third-order valence-electron chi connectivity index (χ3n) is 4.01. The first-order valence-corrected chi connectivity index (χ1v) is 7.10. The molecule has 1 aliphatic rings. The van der Waals surface area contributed by atoms with Crippen molar-refractivity contribution < 1.29 is 4.39 Å². The number of halogens is 1. The van der Waals surface area contributed by atoms with Crippen molar-refractivity contribution >= 4 is 0 Å². The van der Waals surface area contributed by atoms with Crippen LogP contribution in [0.15, 0.2) is 42.7 Å². The molecule has 1 fully saturated rings. The lowest BCUT2D eigenvalue weighted by molar-refractivity contribution is 0.245. The van der Waals surface area contributed by atoms with Crippen molar-refractivity contribution in [1.82, 2.24) is 9.88 Å². The second-order valence-electron chi connectivity index (χ2n) is 5.33. The number of nitrogens with zero attached hydrogens (tertiary/aromatic N) is 3. The zero-order valence-corrected chi connectivity index (χ0v) is 11.7. The van der Waals surface area contributed by atoms with E-state index in [1.165, 1.54) is 11.6 Å². The summed E-state index contributed by atoms with van der Waals surface area (Å²) in [5, 5.41) is 8.79. The van der Waals surface area contributed by atoms with E-state index in [-0.39, 0.29) is 5.82 Å². The minimum Gasteiger partial charge on any atom is -0.292 e. The van der Waals surface area contributed by atoms with Gasteiger partial charge >= 0.3 is 0 Å². The van der Waals surface area contributed by atoms with E-state index >= 15 is 0 Å². The van der Waals surface area contributed by atoms with E-state index in [0.29, 0.717) is 23.7 Å². The number of likely N-dealkylation sites (tertiary alicyclic amines) is 1. The first-order chi connectivity index (χ1) is 10.3. The van der Waals surface area contributed by atoms with Crippen LogP contribution in [0.5, 0.6) is 0 Å². The van der Waals surface area contributed by atoms with Crippen LogP contribution in [0.1, 0.15) is 35.6 Å². The van der Waals surface area contributed by atoms with Crippen LogP contribution in [0.4, 0.5) is 4.39 Å². The molecule has 0 aliphatic carbocycles. The van der Waals surface area contributed by atoms with Crippen LogP contribution in [0.2, 0.25) is 0 Å². The Balaban J connectivity index is 1.80. The molecule has 0 saturated carbocycles. The molecule has 1 atom stereocenters. The molecule has 1 unspecified atom stereocenters. The van der Waals surface area contributed by atoms with Gasteiger partial charge in [0.1, 0.15) is 5.82 Å². The average Bonchev–Trinajstić information content (AvgIpc) is 2.98. The second kappa shape index (κ2) is 6.02. The maximum Gasteiger partial charge on any atom is 0.129 e. The van der Waals surface area contributed by atoms with Gasteiger partial charge in [-0.2, -0.15) is 5.26 Å². The van der Waals surface area contributed by atoms with Gasteiger partial charge in [-0.25, -0.2) is 4.39 Å². The molecule has 0 spiro atoms. The van der Waals surface area contributed by atoms with Crippen molar-refractivity contribution in [2.75, 3.05) is 6.54 Å². The summed E-state index contributed by atoms with van der Waals surface area (Å²) in [6.07, 6.45) is 5.80. The number of pyridine rings is 1. The Morgan fingerprint density at radius 1 is 1.29 bits per heavy atom. The monoisotopic (exact) mass is 281 g/mol. The molecule has 1 aromatic carbocycles. The van der Waals surface area contributed by atoms with Crippen LogP contribution in [-0.2, 0) is 6.54 Å². The fourth-order valence-electron chi connectivity index (χ4n) is 2.94. The third kappa shape index (κ3) is 2.93. The van der Waals surface area contributed by atoms with E-state index in [4.69, 9.17) is 5.26 Å². The van der Waals surface area contributed by atoms with Gasteiger partial charge in [-0.1, -0.05) is 6.07 Å². The molecule has 0 N–H and O–H groups in total. The summed E-state index contributed by atoms with van der Waals surface area (Å²) < 4.78 is 14.0. The molecular formula is C17H16FN3. The van der Waals surface area contributed by atoms with Gasteiger partial charge in [0.25, 0.3) is 0 Å². The Kier molecular flexibility index (Phi) is 3.94. The smallest absolute Gasteiger partial charge is 0.129 e. The number of hydrogen-bond acceptors (Lipinski definition) is 3. The zero-order chi connectivity index (χ0) is 14.7. The second-order valence-corrected chi connectivity index (χ2v) is 5.33. The largest absolute Gasteiger partial charge is 0.292 e. The topological polar surface area (TPSA) is 39.9 Å². The maximum absolute atomic E-state index is 14.0. The molecule has 0 bridgehead atoms. The van der Waals surface area contributed by atoms with Gasteiger partial charge in [-0.05, 0) is 49.2 Å². The van der Waals surface area contributed by atoms with Gasteiger partial charge in [-0.15, -0.1) is 0 Å². The van der Waals surface area contributed by atoms with Crippen molar-refractivity contribution in [2.45, 2.75) is 25.4 Å². The lowest BCUT2D eigenvalue weighted by Gasteiger charge is -2.25. The maximum atomic E-state index is 14.0. The third-order valence-corrected chi connectivity index (χ3v) is 4.01. The van der Waals surface area contributed by atoms with E-state index in [0.717, 1.165) is 19.4 Å². The summed E-state index contributed by atoms with van der Waals surface area (Å²) in [5.41, 5.74) is 2.25. The fourth-order valence-corrected chi connectivity index (χ4v) is 2.94. The van der Waals surface area contributed by atoms with Crippen LogP contribution >= 0.6 is 0 Å². The predicted molar refractivity (Wildman–Crippen MR) is 77.7 cm³/mol. The highest BCUT2D eigenvalue weighted by Gasteiger charge is 2.26. The molecule has 2 heterocycles. The Morgan fingerprint density at radius 3 is 2.81 bits per heavy atom. The Labute approximate surface area is 123 Å². The van der Waals surface area contributed by atoms with Crippen molar-refractivity contribution in [3.8, 4) is 6.07 Å². The molecule has 1 aliphatic heterocycles. The van der Waals surface area contributed by atoms with Gasteiger partial charge in [0.15, 0.2) is 0 Å². The van der Waals surface area contributed by atoms with Gasteiger partial charge in [-0.3, -0.25) is 9.88 Å². The molecule has 2 aromatic rings. The van der Waals surface area contributed by atoms with Crippen molar-refractivity contribution in [1.29, 1.82) is 5.26 Å². The van der Waals surface area contributed by atoms with Gasteiger partial charge in [0.2, 0.25) is 0 Å². The molecule has 3 rings (SSSR count). The van der Waals surface area contributed by atoms with Crippen molar-refractivity contribution in [3.05, 3.63) is 65.2 Å². The number of nitriles is 1. The normalized spacial score (nSPS) is 18.6. The summed E-state index contributed by atoms with van der Waals surface area (Å²) in [6.45, 7) is 1.54. The quantitative estimate of drug-likeness (QED) is 0.865. The Bertz CT molecular complexity index is 663. The van der Waals surface area contributed by atoms with E-state index in [1.807, 2.05) is 18.2 Å². The Hall–Kier alpha value is -2.25. The van der Waals surface area contributed by atoms with Crippen LogP contribution < -0.4 is 0 Å². The average molecular weight is 281 g/mol. The van der Waals surface area contributed by atoms with E-state index in [9.17, 15) is 4.39 Å². The molecule has 1 aromatic heterocycles. The van der Waals surface area contributed by atoms with E-state index in [1.54, 1.807) is 24.5 Å². The van der Waals surface area contributed by atoms with Gasteiger partial charge < -0.3 is 0 Å². The van der Waals surface area contributed by atoms with Crippen LogP contribution in [-0.4, -0.2) is 16.4 Å². The number of rotatable bonds is 3. The lowest BCUT2D eigenvalue weighted by Crippen LogP contribution is -2.23. The van der Waals surface area contributed by atoms with Gasteiger partial charge in [0, 0.05) is 30.5 Å². The first-order valence-electron chi connectivity index (χ1n) is 7.10. The molecule has 3 nitrogen and oxygen atoms in total. The van der Waals surface area contributed by atoms with Crippen molar-refractivity contribution in [2.24, 2.45) is 0 Å². The molecule has 0 amide bonds. The summed E-state index contributed by atoms with van der Waals surface area (Å²) >= 11 is 0. The highest BCUT2D eigenvalue weighted by atomic mass is 19.1. The van der Waals surface area contributed by atoms with Crippen LogP contribution in [0.25, 0.3) is 0 Å². The molecular weight excluding hydrogens is 265 g/mol.